The van der Waals surface area contributed by atoms with Crippen LogP contribution in [0.25, 0.3) is 5.69 Å². The fraction of sp³-hybridized carbons (Fsp3) is 0.238. The predicted octanol–water partition coefficient (Wildman–Crippen LogP) is 4.14. The number of hydrogen-bond acceptors (Lipinski definition) is 5. The molecule has 0 bridgehead atoms. The molecule has 0 saturated heterocycles. The first kappa shape index (κ1) is 21.5. The molecule has 1 unspecified atom stereocenters. The van der Waals surface area contributed by atoms with Crippen LogP contribution in [0.1, 0.15) is 36.9 Å². The molecular weight excluding hydrogens is 408 g/mol. The Morgan fingerprint density at radius 2 is 1.97 bits per heavy atom. The van der Waals surface area contributed by atoms with Crippen molar-refractivity contribution in [3.63, 3.8) is 0 Å². The van der Waals surface area contributed by atoms with Crippen LogP contribution in [0.15, 0.2) is 53.9 Å². The van der Waals surface area contributed by atoms with Gasteiger partial charge in [0, 0.05) is 17.3 Å². The van der Waals surface area contributed by atoms with Gasteiger partial charge in [-0.1, -0.05) is 43.8 Å². The van der Waals surface area contributed by atoms with Crippen LogP contribution in [-0.4, -0.2) is 26.4 Å². The summed E-state index contributed by atoms with van der Waals surface area (Å²) >= 11 is 1.14. The van der Waals surface area contributed by atoms with E-state index in [4.69, 9.17) is 0 Å². The Labute approximate surface area is 176 Å². The van der Waals surface area contributed by atoms with E-state index in [0.717, 1.165) is 29.6 Å². The summed E-state index contributed by atoms with van der Waals surface area (Å²) in [6, 6.07) is 11.4. The average molecular weight is 427 g/mol. The fourth-order valence-electron chi connectivity index (χ4n) is 2.77. The normalized spacial score (nSPS) is 11.9. The molecule has 0 spiro atoms. The van der Waals surface area contributed by atoms with Gasteiger partial charge in [0.15, 0.2) is 5.16 Å². The van der Waals surface area contributed by atoms with Crippen molar-refractivity contribution >= 4 is 17.7 Å². The first-order valence-corrected chi connectivity index (χ1v) is 10.1. The molecule has 0 saturated carbocycles. The third kappa shape index (κ3) is 5.02. The van der Waals surface area contributed by atoms with Crippen LogP contribution in [0, 0.1) is 23.0 Å². The number of thioether (sulfide) groups is 1. The van der Waals surface area contributed by atoms with Crippen LogP contribution in [-0.2, 0) is 4.79 Å². The third-order valence-corrected chi connectivity index (χ3v) is 5.34. The lowest BCUT2D eigenvalue weighted by Gasteiger charge is -2.13. The summed E-state index contributed by atoms with van der Waals surface area (Å²) in [7, 11) is 0. The van der Waals surface area contributed by atoms with Crippen molar-refractivity contribution in [2.75, 3.05) is 5.75 Å². The highest BCUT2D eigenvalue weighted by atomic mass is 32.2. The number of nitriles is 1. The molecule has 30 heavy (non-hydrogen) atoms. The van der Waals surface area contributed by atoms with Gasteiger partial charge in [0.25, 0.3) is 0 Å². The summed E-state index contributed by atoms with van der Waals surface area (Å²) < 4.78 is 28.7. The van der Waals surface area contributed by atoms with Gasteiger partial charge in [-0.3, -0.25) is 9.36 Å². The lowest BCUT2D eigenvalue weighted by molar-refractivity contribution is -0.118. The maximum absolute atomic E-state index is 13.9. The van der Waals surface area contributed by atoms with E-state index in [9.17, 15) is 18.8 Å². The molecule has 0 aliphatic heterocycles. The maximum atomic E-state index is 13.9. The number of amides is 1. The molecule has 1 heterocycles. The molecule has 2 aromatic carbocycles. The number of carbonyl (C=O) groups is 1. The van der Waals surface area contributed by atoms with Crippen molar-refractivity contribution in [3.05, 3.63) is 71.6 Å². The first-order chi connectivity index (χ1) is 14.4. The Hall–Kier alpha value is -3.25. The number of hydrogen-bond donors (Lipinski definition) is 1. The monoisotopic (exact) mass is 427 g/mol. The number of aromatic nitrogens is 3. The lowest BCUT2D eigenvalue weighted by atomic mass is 10.0. The lowest BCUT2D eigenvalue weighted by Crippen LogP contribution is -2.29. The zero-order chi connectivity index (χ0) is 21.7. The minimum absolute atomic E-state index is 0.0518. The Balaban J connectivity index is 1.65. The van der Waals surface area contributed by atoms with Crippen LogP contribution in [0.2, 0.25) is 0 Å². The van der Waals surface area contributed by atoms with Crippen LogP contribution in [0.4, 0.5) is 8.78 Å². The summed E-state index contributed by atoms with van der Waals surface area (Å²) in [5, 5.41) is 20.2. The number of halogens is 2. The smallest absolute Gasteiger partial charge is 0.231 e. The van der Waals surface area contributed by atoms with E-state index in [1.165, 1.54) is 5.56 Å². The molecule has 1 amide bonds. The molecular formula is C21H19F2N5OS. The molecule has 3 rings (SSSR count). The Morgan fingerprint density at radius 3 is 2.60 bits per heavy atom. The summed E-state index contributed by atoms with van der Waals surface area (Å²) in [6.45, 7) is 4.22. The Kier molecular flexibility index (Phi) is 6.79. The van der Waals surface area contributed by atoms with Gasteiger partial charge in [-0.2, -0.15) is 5.26 Å². The van der Waals surface area contributed by atoms with Crippen LogP contribution < -0.4 is 5.32 Å². The maximum Gasteiger partial charge on any atom is 0.231 e. The minimum Gasteiger partial charge on any atom is -0.336 e. The molecule has 0 aliphatic carbocycles. The van der Waals surface area contributed by atoms with Crippen molar-refractivity contribution in [2.45, 2.75) is 31.0 Å². The van der Waals surface area contributed by atoms with Crippen LogP contribution >= 0.6 is 11.8 Å². The molecule has 0 radical (unpaired) electrons. The molecule has 0 fully saturated rings. The second-order valence-corrected chi connectivity index (χ2v) is 7.76. The van der Waals surface area contributed by atoms with E-state index in [0.29, 0.717) is 17.1 Å². The summed E-state index contributed by atoms with van der Waals surface area (Å²) in [6.07, 6.45) is 1.55. The van der Waals surface area contributed by atoms with Gasteiger partial charge in [-0.25, -0.2) is 8.78 Å². The van der Waals surface area contributed by atoms with Crippen molar-refractivity contribution in [1.29, 1.82) is 5.26 Å². The van der Waals surface area contributed by atoms with Gasteiger partial charge in [0.2, 0.25) is 5.91 Å². The highest BCUT2D eigenvalue weighted by Gasteiger charge is 2.19. The van der Waals surface area contributed by atoms with Gasteiger partial charge in [-0.05, 0) is 29.7 Å². The number of benzene rings is 2. The molecule has 1 aromatic heterocycles. The average Bonchev–Trinajstić information content (AvgIpc) is 3.19. The SMILES string of the molecule is CC(C)c1ccc(-n2cnnc2SCC(=O)NC(C#N)c2ccc(F)cc2F)cc1. The van der Waals surface area contributed by atoms with E-state index in [2.05, 4.69) is 29.4 Å². The second kappa shape index (κ2) is 9.50. The highest BCUT2D eigenvalue weighted by molar-refractivity contribution is 7.99. The van der Waals surface area contributed by atoms with E-state index in [-0.39, 0.29) is 11.3 Å². The number of nitrogens with one attached hydrogen (secondary N) is 1. The van der Waals surface area contributed by atoms with Gasteiger partial charge in [0.05, 0.1) is 11.8 Å². The number of rotatable bonds is 7. The minimum atomic E-state index is -1.22. The van der Waals surface area contributed by atoms with Crippen molar-refractivity contribution in [3.8, 4) is 11.8 Å². The van der Waals surface area contributed by atoms with Crippen molar-refractivity contribution < 1.29 is 13.6 Å². The number of nitrogens with zero attached hydrogens (tertiary/aromatic N) is 4. The first-order valence-electron chi connectivity index (χ1n) is 9.16. The molecule has 0 aliphatic rings. The molecule has 1 N–H and O–H groups in total. The third-order valence-electron chi connectivity index (χ3n) is 4.39. The van der Waals surface area contributed by atoms with Gasteiger partial charge in [0.1, 0.15) is 24.0 Å². The van der Waals surface area contributed by atoms with Gasteiger partial charge in [-0.15, -0.1) is 10.2 Å². The van der Waals surface area contributed by atoms with E-state index in [1.54, 1.807) is 10.9 Å². The summed E-state index contributed by atoms with van der Waals surface area (Å²) in [5.41, 5.74) is 1.97. The number of carbonyl (C=O) groups excluding carboxylic acids is 1. The fourth-order valence-corrected chi connectivity index (χ4v) is 3.51. The summed E-state index contributed by atoms with van der Waals surface area (Å²) in [4.78, 5) is 12.3. The molecule has 9 heteroatoms. The standard InChI is InChI=1S/C21H19F2N5OS/c1-13(2)14-3-6-16(7-4-14)28-12-25-27-21(28)30-11-20(29)26-19(10-24)17-8-5-15(22)9-18(17)23/h3-9,12-13,19H,11H2,1-2H3,(H,26,29). The summed E-state index contributed by atoms with van der Waals surface area (Å²) in [5.74, 6) is -1.77. The largest absolute Gasteiger partial charge is 0.336 e. The van der Waals surface area contributed by atoms with Crippen molar-refractivity contribution in [1.82, 2.24) is 20.1 Å². The molecule has 6 nitrogen and oxygen atoms in total. The van der Waals surface area contributed by atoms with Crippen molar-refractivity contribution in [2.24, 2.45) is 0 Å². The van der Waals surface area contributed by atoms with E-state index in [1.807, 2.05) is 30.3 Å². The Morgan fingerprint density at radius 1 is 1.23 bits per heavy atom. The van der Waals surface area contributed by atoms with E-state index < -0.39 is 23.6 Å². The van der Waals surface area contributed by atoms with Gasteiger partial charge < -0.3 is 5.32 Å². The second-order valence-electron chi connectivity index (χ2n) is 6.81. The predicted molar refractivity (Wildman–Crippen MR) is 109 cm³/mol. The quantitative estimate of drug-likeness (QED) is 0.573. The van der Waals surface area contributed by atoms with Crippen LogP contribution in [0.3, 0.4) is 0 Å². The molecule has 3 aromatic rings. The Bertz CT molecular complexity index is 1080. The van der Waals surface area contributed by atoms with Gasteiger partial charge >= 0.3 is 0 Å². The zero-order valence-electron chi connectivity index (χ0n) is 16.3. The zero-order valence-corrected chi connectivity index (χ0v) is 17.2. The molecule has 1 atom stereocenters. The van der Waals surface area contributed by atoms with E-state index >= 15 is 0 Å². The van der Waals surface area contributed by atoms with Crippen LogP contribution in [0.5, 0.6) is 0 Å². The topological polar surface area (TPSA) is 83.6 Å². The highest BCUT2D eigenvalue weighted by Crippen LogP contribution is 2.22. The molecule has 154 valence electrons.